The van der Waals surface area contributed by atoms with E-state index < -0.39 is 0 Å². The number of nitrogens with zero attached hydrogens (tertiary/aromatic N) is 1. The van der Waals surface area contributed by atoms with Gasteiger partial charge in [-0.1, -0.05) is 31.9 Å². The Morgan fingerprint density at radius 3 is 2.42 bits per heavy atom. The maximum Gasteiger partial charge on any atom is 0.231 e. The first-order valence-electron chi connectivity index (χ1n) is 11.2. The van der Waals surface area contributed by atoms with Crippen molar-refractivity contribution < 1.29 is 28.4 Å². The lowest BCUT2D eigenvalue weighted by Gasteiger charge is -2.31. The molecule has 1 saturated heterocycles. The number of hydrogen-bond donors (Lipinski definition) is 1. The smallest absolute Gasteiger partial charge is 0.231 e. The van der Waals surface area contributed by atoms with Crippen LogP contribution in [0.2, 0.25) is 0 Å². The third-order valence-corrected chi connectivity index (χ3v) is 5.42. The molecule has 33 heavy (non-hydrogen) atoms. The van der Waals surface area contributed by atoms with Gasteiger partial charge in [-0.05, 0) is 55.0 Å². The molecule has 0 spiro atoms. The fourth-order valence-electron chi connectivity index (χ4n) is 3.57. The van der Waals surface area contributed by atoms with E-state index in [1.54, 1.807) is 19.2 Å². The molecule has 0 amide bonds. The van der Waals surface area contributed by atoms with Gasteiger partial charge in [0.1, 0.15) is 17.7 Å². The molecular weight excluding hydrogens is 425 g/mol. The maximum absolute atomic E-state index is 12.9. The van der Waals surface area contributed by atoms with E-state index >= 15 is 0 Å². The molecule has 0 bridgehead atoms. The van der Waals surface area contributed by atoms with Crippen molar-refractivity contribution in [3.8, 4) is 29.8 Å². The second-order valence-electron chi connectivity index (χ2n) is 7.68. The second-order valence-corrected chi connectivity index (χ2v) is 7.68. The number of methoxy groups -OCH3 is 1. The highest BCUT2D eigenvalue weighted by Gasteiger charge is 2.20. The van der Waals surface area contributed by atoms with Crippen molar-refractivity contribution in [3.05, 3.63) is 53.8 Å². The van der Waals surface area contributed by atoms with Crippen molar-refractivity contribution in [2.24, 2.45) is 0 Å². The molecule has 0 unspecified atom stereocenters. The largest absolute Gasteiger partial charge is 0.497 e. The van der Waals surface area contributed by atoms with Crippen LogP contribution in [0.1, 0.15) is 44.1 Å². The zero-order valence-corrected chi connectivity index (χ0v) is 19.5. The van der Waals surface area contributed by atoms with E-state index in [0.29, 0.717) is 12.7 Å². The first-order valence-corrected chi connectivity index (χ1v) is 11.2. The average molecular weight is 460 g/mol. The van der Waals surface area contributed by atoms with Crippen LogP contribution in [0.25, 0.3) is 0 Å². The number of hydrogen-bond acceptors (Lipinski definition) is 6. The third-order valence-electron chi connectivity index (χ3n) is 5.42. The number of likely N-dealkylation sites (tertiary alicyclic amines) is 1. The Kier molecular flexibility index (Phi) is 11.9. The van der Waals surface area contributed by atoms with Crippen LogP contribution in [-0.2, 0) is 4.74 Å². The van der Waals surface area contributed by atoms with Gasteiger partial charge in [0.05, 0.1) is 13.8 Å². The Bertz CT molecular complexity index is 845. The number of benzene rings is 2. The summed E-state index contributed by atoms with van der Waals surface area (Å²) in [5.74, 6) is 2.75. The van der Waals surface area contributed by atoms with Crippen molar-refractivity contribution in [1.29, 1.82) is 0 Å². The van der Waals surface area contributed by atoms with Crippen LogP contribution in [0.5, 0.6) is 17.2 Å². The number of terminal acetylenes is 1. The minimum Gasteiger partial charge on any atom is -0.497 e. The number of rotatable bonds is 7. The van der Waals surface area contributed by atoms with E-state index in [4.69, 9.17) is 24.1 Å². The van der Waals surface area contributed by atoms with Crippen molar-refractivity contribution in [3.63, 3.8) is 0 Å². The van der Waals surface area contributed by atoms with Crippen molar-refractivity contribution >= 4 is 0 Å². The predicted octanol–water partition coefficient (Wildman–Crippen LogP) is 5.15. The van der Waals surface area contributed by atoms with Crippen LogP contribution in [0.4, 0.5) is 4.39 Å². The maximum atomic E-state index is 12.9. The van der Waals surface area contributed by atoms with Gasteiger partial charge in [0.15, 0.2) is 11.5 Å². The lowest BCUT2D eigenvalue weighted by molar-refractivity contribution is 0.0150. The van der Waals surface area contributed by atoms with Gasteiger partial charge in [-0.2, -0.15) is 0 Å². The van der Waals surface area contributed by atoms with E-state index in [1.807, 2.05) is 30.3 Å². The molecule has 0 atom stereocenters. The minimum absolute atomic E-state index is 0.148. The summed E-state index contributed by atoms with van der Waals surface area (Å²) in [6.45, 7) is 6.27. The molecule has 2 aromatic carbocycles. The van der Waals surface area contributed by atoms with Gasteiger partial charge in [-0.15, -0.1) is 0 Å². The summed E-state index contributed by atoms with van der Waals surface area (Å²) in [4.78, 5) is 2.37. The lowest BCUT2D eigenvalue weighted by atomic mass is 9.90. The van der Waals surface area contributed by atoms with Gasteiger partial charge in [-0.3, -0.25) is 4.90 Å². The minimum atomic E-state index is -0.148. The monoisotopic (exact) mass is 459 g/mol. The topological polar surface area (TPSA) is 60.4 Å². The van der Waals surface area contributed by atoms with Crippen LogP contribution < -0.4 is 14.2 Å². The number of halogens is 1. The molecule has 2 aromatic rings. The molecule has 2 aliphatic heterocycles. The molecule has 0 saturated carbocycles. The molecule has 4 rings (SSSR count). The number of fused-ring (bicyclic) bond motifs is 1. The van der Waals surface area contributed by atoms with Gasteiger partial charge in [0.25, 0.3) is 0 Å². The molecule has 0 aromatic heterocycles. The highest BCUT2D eigenvalue weighted by Crippen LogP contribution is 2.34. The standard InChI is InChI=1S/C16H24FNO.C8H8O3.C2H2O/c1-2-3-12-19-13-18-10-8-15(9-11-18)14-4-6-16(17)7-5-14;1-9-6-2-3-7-8(4-6)11-5-10-7;1-2-3/h4-7,15H,2-3,8-13H2,1H3;2-4H,5H2,1H3;1,3H. The summed E-state index contributed by atoms with van der Waals surface area (Å²) in [6, 6.07) is 12.5. The SMILES string of the molecule is C#CO.CCCCOCN1CCC(c2ccc(F)cc2)CC1.COc1ccc2c(c1)OCO2. The first kappa shape index (κ1) is 26.3. The van der Waals surface area contributed by atoms with Gasteiger partial charge in [-0.25, -0.2) is 4.39 Å². The van der Waals surface area contributed by atoms with Crippen LogP contribution in [0.3, 0.4) is 0 Å². The summed E-state index contributed by atoms with van der Waals surface area (Å²) in [5.41, 5.74) is 1.27. The molecule has 0 radical (unpaired) electrons. The van der Waals surface area contributed by atoms with Gasteiger partial charge >= 0.3 is 0 Å². The van der Waals surface area contributed by atoms with E-state index in [2.05, 4.69) is 18.2 Å². The fourth-order valence-corrected chi connectivity index (χ4v) is 3.57. The zero-order chi connectivity index (χ0) is 23.9. The Morgan fingerprint density at radius 1 is 1.12 bits per heavy atom. The van der Waals surface area contributed by atoms with Crippen LogP contribution in [0.15, 0.2) is 42.5 Å². The number of aliphatic hydroxyl groups is 1. The number of aliphatic hydroxyl groups excluding tert-OH is 1. The van der Waals surface area contributed by atoms with E-state index in [0.717, 1.165) is 62.9 Å². The van der Waals surface area contributed by atoms with Gasteiger partial charge in [0, 0.05) is 25.8 Å². The summed E-state index contributed by atoms with van der Waals surface area (Å²) in [5, 5.41) is 7.10. The molecule has 1 N–H and O–H groups in total. The highest BCUT2D eigenvalue weighted by atomic mass is 19.1. The van der Waals surface area contributed by atoms with Crippen molar-refractivity contribution in [1.82, 2.24) is 4.90 Å². The third kappa shape index (κ3) is 9.21. The van der Waals surface area contributed by atoms with Crippen LogP contribution in [-0.4, -0.2) is 50.3 Å². The van der Waals surface area contributed by atoms with E-state index in [1.165, 1.54) is 18.1 Å². The summed E-state index contributed by atoms with van der Waals surface area (Å²) < 4.78 is 33.8. The molecule has 7 heteroatoms. The molecule has 0 aliphatic carbocycles. The molecule has 2 aliphatic rings. The lowest BCUT2D eigenvalue weighted by Crippen LogP contribution is -2.34. The zero-order valence-electron chi connectivity index (χ0n) is 19.5. The second kappa shape index (κ2) is 15.0. The summed E-state index contributed by atoms with van der Waals surface area (Å²) >= 11 is 0. The number of piperidine rings is 1. The molecule has 6 nitrogen and oxygen atoms in total. The van der Waals surface area contributed by atoms with Gasteiger partial charge in [0.2, 0.25) is 6.79 Å². The summed E-state index contributed by atoms with van der Waals surface area (Å²) in [7, 11) is 1.62. The summed E-state index contributed by atoms with van der Waals surface area (Å²) in [6.07, 6.45) is 10.0. The molecule has 2 heterocycles. The van der Waals surface area contributed by atoms with Crippen LogP contribution in [0, 0.1) is 18.3 Å². The number of ether oxygens (including phenoxy) is 4. The quantitative estimate of drug-likeness (QED) is 0.456. The predicted molar refractivity (Wildman–Crippen MR) is 126 cm³/mol. The molecule has 180 valence electrons. The Labute approximate surface area is 196 Å². The normalized spacial score (nSPS) is 14.8. The Hall–Kier alpha value is -2.95. The Morgan fingerprint density at radius 2 is 1.79 bits per heavy atom. The van der Waals surface area contributed by atoms with E-state index in [-0.39, 0.29) is 5.82 Å². The molecule has 1 fully saturated rings. The Balaban J connectivity index is 0.000000231. The van der Waals surface area contributed by atoms with Crippen molar-refractivity contribution in [2.75, 3.05) is 40.3 Å². The molecular formula is C26H34FNO5. The van der Waals surface area contributed by atoms with E-state index in [9.17, 15) is 4.39 Å². The fraction of sp³-hybridized carbons (Fsp3) is 0.462. The van der Waals surface area contributed by atoms with Crippen molar-refractivity contribution in [2.45, 2.75) is 38.5 Å². The highest BCUT2D eigenvalue weighted by molar-refractivity contribution is 5.46. The average Bonchev–Trinajstić information content (AvgIpc) is 3.32. The van der Waals surface area contributed by atoms with Crippen LogP contribution >= 0.6 is 0 Å². The number of unbranched alkanes of at least 4 members (excludes halogenated alkanes) is 1. The van der Waals surface area contributed by atoms with Gasteiger partial charge < -0.3 is 24.1 Å². The first-order chi connectivity index (χ1) is 16.1.